The van der Waals surface area contributed by atoms with Crippen molar-refractivity contribution in [3.63, 3.8) is 0 Å². The minimum atomic E-state index is -3.18. The Morgan fingerprint density at radius 3 is 2.62 bits per heavy atom. The third kappa shape index (κ3) is 4.28. The van der Waals surface area contributed by atoms with Crippen LogP contribution in [0.25, 0.3) is 11.1 Å². The molecule has 2 aromatic rings. The molecule has 9 heteroatoms. The molecule has 0 spiro atoms. The van der Waals surface area contributed by atoms with E-state index in [4.69, 9.17) is 4.74 Å². The molecule has 4 nitrogen and oxygen atoms in total. The second-order valence-electron chi connectivity index (χ2n) is 5.68. The smallest absolute Gasteiger partial charge is 0.387 e. The molecular weight excluding hydrogens is 359 g/mol. The summed E-state index contributed by atoms with van der Waals surface area (Å²) in [5.74, 6) is -1.56. The molecule has 0 aliphatic carbocycles. The van der Waals surface area contributed by atoms with Crippen LogP contribution in [0.4, 0.5) is 22.0 Å². The number of nitrogens with zero attached hydrogens (tertiary/aromatic N) is 2. The van der Waals surface area contributed by atoms with Gasteiger partial charge in [0.25, 0.3) is 6.43 Å². The van der Waals surface area contributed by atoms with E-state index in [2.05, 4.69) is 9.72 Å². The van der Waals surface area contributed by atoms with E-state index in [0.717, 1.165) is 12.1 Å². The number of rotatable bonds is 6. The lowest BCUT2D eigenvalue weighted by Crippen LogP contribution is -2.20. The van der Waals surface area contributed by atoms with E-state index in [-0.39, 0.29) is 12.2 Å². The summed E-state index contributed by atoms with van der Waals surface area (Å²) in [4.78, 5) is 5.65. The molecule has 2 heterocycles. The van der Waals surface area contributed by atoms with Gasteiger partial charge in [-0.05, 0) is 29.3 Å². The highest BCUT2D eigenvalue weighted by atomic mass is 19.3. The SMILES string of the molecule is Fc1ccc(-c2cnc(C(F)F)c(CN3CCOC3)c2)cc1OC(F)F. The van der Waals surface area contributed by atoms with Gasteiger partial charge in [-0.2, -0.15) is 8.78 Å². The highest BCUT2D eigenvalue weighted by Gasteiger charge is 2.20. The van der Waals surface area contributed by atoms with Crippen molar-refractivity contribution >= 4 is 0 Å². The monoisotopic (exact) mass is 374 g/mol. The van der Waals surface area contributed by atoms with Crippen LogP contribution in [0.2, 0.25) is 0 Å². The van der Waals surface area contributed by atoms with Gasteiger partial charge in [-0.15, -0.1) is 0 Å². The zero-order valence-electron chi connectivity index (χ0n) is 13.5. The fourth-order valence-electron chi connectivity index (χ4n) is 2.69. The minimum Gasteiger partial charge on any atom is -0.432 e. The number of hydrogen-bond donors (Lipinski definition) is 0. The molecule has 0 N–H and O–H groups in total. The average molecular weight is 374 g/mol. The Bertz CT molecular complexity index is 767. The van der Waals surface area contributed by atoms with Crippen LogP contribution in [0.3, 0.4) is 0 Å². The molecule has 1 fully saturated rings. The van der Waals surface area contributed by atoms with Gasteiger partial charge in [0.15, 0.2) is 11.6 Å². The Kier molecular flexibility index (Phi) is 5.67. The van der Waals surface area contributed by atoms with E-state index in [1.807, 2.05) is 4.90 Å². The van der Waals surface area contributed by atoms with Crippen molar-refractivity contribution < 1.29 is 31.4 Å². The Hall–Kier alpha value is -2.26. The quantitative estimate of drug-likeness (QED) is 0.710. The topological polar surface area (TPSA) is 34.6 Å². The van der Waals surface area contributed by atoms with Crippen LogP contribution < -0.4 is 4.74 Å². The van der Waals surface area contributed by atoms with Crippen LogP contribution in [0.5, 0.6) is 5.75 Å². The van der Waals surface area contributed by atoms with Crippen LogP contribution in [0.15, 0.2) is 30.5 Å². The summed E-state index contributed by atoms with van der Waals surface area (Å²) in [7, 11) is 0. The molecule has 0 amide bonds. The third-order valence-electron chi connectivity index (χ3n) is 3.91. The molecule has 0 bridgehead atoms. The van der Waals surface area contributed by atoms with Crippen molar-refractivity contribution in [3.05, 3.63) is 47.5 Å². The van der Waals surface area contributed by atoms with Crippen molar-refractivity contribution in [2.24, 2.45) is 0 Å². The first kappa shape index (κ1) is 18.5. The van der Waals surface area contributed by atoms with Crippen LogP contribution in [0, 0.1) is 5.82 Å². The summed E-state index contributed by atoms with van der Waals surface area (Å²) >= 11 is 0. The first-order valence-corrected chi connectivity index (χ1v) is 7.76. The van der Waals surface area contributed by atoms with Crippen molar-refractivity contribution in [2.75, 3.05) is 19.9 Å². The van der Waals surface area contributed by atoms with Gasteiger partial charge in [-0.3, -0.25) is 9.88 Å². The van der Waals surface area contributed by atoms with Crippen LogP contribution >= 0.6 is 0 Å². The van der Waals surface area contributed by atoms with Crippen LogP contribution in [-0.4, -0.2) is 36.4 Å². The molecule has 1 aromatic carbocycles. The molecule has 1 aliphatic heterocycles. The molecule has 0 saturated carbocycles. The fourth-order valence-corrected chi connectivity index (χ4v) is 2.69. The highest BCUT2D eigenvalue weighted by Crippen LogP contribution is 2.30. The molecule has 0 unspecified atom stereocenters. The Balaban J connectivity index is 1.94. The van der Waals surface area contributed by atoms with E-state index >= 15 is 0 Å². The highest BCUT2D eigenvalue weighted by molar-refractivity contribution is 5.65. The van der Waals surface area contributed by atoms with Gasteiger partial charge in [0.2, 0.25) is 0 Å². The fraction of sp³-hybridized carbons (Fsp3) is 0.353. The summed E-state index contributed by atoms with van der Waals surface area (Å²) < 4.78 is 74.1. The second-order valence-corrected chi connectivity index (χ2v) is 5.68. The predicted molar refractivity (Wildman–Crippen MR) is 82.4 cm³/mol. The number of aromatic nitrogens is 1. The van der Waals surface area contributed by atoms with Gasteiger partial charge in [0.05, 0.1) is 13.3 Å². The molecule has 3 rings (SSSR count). The maximum Gasteiger partial charge on any atom is 0.387 e. The molecular formula is C17H15F5N2O2. The second kappa shape index (κ2) is 7.96. The number of ether oxygens (including phenoxy) is 2. The first-order valence-electron chi connectivity index (χ1n) is 7.76. The minimum absolute atomic E-state index is 0.210. The zero-order chi connectivity index (χ0) is 18.7. The number of halogens is 5. The Morgan fingerprint density at radius 2 is 1.96 bits per heavy atom. The van der Waals surface area contributed by atoms with Crippen molar-refractivity contribution in [3.8, 4) is 16.9 Å². The maximum absolute atomic E-state index is 13.6. The summed E-state index contributed by atoms with van der Waals surface area (Å²) in [6.07, 6.45) is -1.56. The van der Waals surface area contributed by atoms with Gasteiger partial charge in [0, 0.05) is 24.8 Å². The zero-order valence-corrected chi connectivity index (χ0v) is 13.5. The van der Waals surface area contributed by atoms with Gasteiger partial charge >= 0.3 is 6.61 Å². The lowest BCUT2D eigenvalue weighted by molar-refractivity contribution is -0.0521. The first-order chi connectivity index (χ1) is 12.4. The number of alkyl halides is 4. The average Bonchev–Trinajstić information content (AvgIpc) is 3.09. The van der Waals surface area contributed by atoms with Gasteiger partial charge in [-0.25, -0.2) is 13.2 Å². The lowest BCUT2D eigenvalue weighted by atomic mass is 10.0. The standard InChI is InChI=1S/C17H15F5N2O2/c18-13-2-1-10(6-14(13)26-17(21)22)11-5-12(8-24-3-4-25-9-24)15(16(19)20)23-7-11/h1-2,5-7,16-17H,3-4,8-9H2. The normalized spacial score (nSPS) is 15.2. The summed E-state index contributed by atoms with van der Waals surface area (Å²) in [5.41, 5.74) is 0.661. The molecule has 140 valence electrons. The molecule has 0 atom stereocenters. The van der Waals surface area contributed by atoms with Crippen LogP contribution in [0.1, 0.15) is 17.7 Å². The van der Waals surface area contributed by atoms with Crippen molar-refractivity contribution in [1.29, 1.82) is 0 Å². The summed E-state index contributed by atoms with van der Waals surface area (Å²) in [6, 6.07) is 4.90. The van der Waals surface area contributed by atoms with E-state index in [9.17, 15) is 22.0 Å². The summed E-state index contributed by atoms with van der Waals surface area (Å²) in [6.45, 7) is -1.51. The number of hydrogen-bond acceptors (Lipinski definition) is 4. The van der Waals surface area contributed by atoms with E-state index in [1.165, 1.54) is 18.3 Å². The Morgan fingerprint density at radius 1 is 1.15 bits per heavy atom. The lowest BCUT2D eigenvalue weighted by Gasteiger charge is -2.17. The molecule has 0 radical (unpaired) electrons. The molecule has 1 aromatic heterocycles. The predicted octanol–water partition coefficient (Wildman–Crippen LogP) is 4.22. The third-order valence-corrected chi connectivity index (χ3v) is 3.91. The number of benzene rings is 1. The van der Waals surface area contributed by atoms with E-state index in [1.54, 1.807) is 0 Å². The van der Waals surface area contributed by atoms with Gasteiger partial charge in [0.1, 0.15) is 5.69 Å². The van der Waals surface area contributed by atoms with Crippen molar-refractivity contribution in [1.82, 2.24) is 9.88 Å². The van der Waals surface area contributed by atoms with Gasteiger partial charge in [-0.1, -0.05) is 6.07 Å². The van der Waals surface area contributed by atoms with E-state index in [0.29, 0.717) is 36.6 Å². The molecule has 26 heavy (non-hydrogen) atoms. The van der Waals surface area contributed by atoms with Crippen molar-refractivity contribution in [2.45, 2.75) is 19.6 Å². The molecule has 1 saturated heterocycles. The van der Waals surface area contributed by atoms with Crippen LogP contribution in [-0.2, 0) is 11.3 Å². The van der Waals surface area contributed by atoms with E-state index < -0.39 is 24.6 Å². The molecule has 1 aliphatic rings. The number of pyridine rings is 1. The Labute approximate surface area is 146 Å². The largest absolute Gasteiger partial charge is 0.432 e. The van der Waals surface area contributed by atoms with Gasteiger partial charge < -0.3 is 9.47 Å². The maximum atomic E-state index is 13.6. The summed E-state index contributed by atoms with van der Waals surface area (Å²) in [5, 5.41) is 0.